The van der Waals surface area contributed by atoms with Crippen LogP contribution in [0.5, 0.6) is 5.75 Å². The maximum absolute atomic E-state index is 12.6. The number of carbonyl (C=O) groups is 1. The lowest BCUT2D eigenvalue weighted by molar-refractivity contribution is -0.122. The molecule has 5 nitrogen and oxygen atoms in total. The highest BCUT2D eigenvalue weighted by molar-refractivity contribution is 6.35. The molecule has 0 radical (unpaired) electrons. The number of nitrogens with one attached hydrogen (secondary N) is 1. The van der Waals surface area contributed by atoms with E-state index in [4.69, 9.17) is 44.3 Å². The van der Waals surface area contributed by atoms with Crippen LogP contribution in [-0.4, -0.2) is 38.3 Å². The van der Waals surface area contributed by atoms with Crippen LogP contribution in [0.1, 0.15) is 6.92 Å². The molecular formula is C19H19Cl3N2O3. The number of hydrogen-bond acceptors (Lipinski definition) is 4. The van der Waals surface area contributed by atoms with Gasteiger partial charge in [0.05, 0.1) is 34.6 Å². The Kier molecular flexibility index (Phi) is 6.71. The molecule has 1 aliphatic heterocycles. The maximum Gasteiger partial charge on any atom is 0.265 e. The lowest BCUT2D eigenvalue weighted by atomic mass is 10.2. The number of benzene rings is 2. The van der Waals surface area contributed by atoms with Gasteiger partial charge in [-0.25, -0.2) is 0 Å². The first-order chi connectivity index (χ1) is 13.0. The third kappa shape index (κ3) is 4.99. The fraction of sp³-hybridized carbons (Fsp3) is 0.316. The number of carbonyl (C=O) groups excluding carboxylic acids is 1. The number of morpholine rings is 1. The molecule has 8 heteroatoms. The van der Waals surface area contributed by atoms with E-state index >= 15 is 0 Å². The molecule has 0 unspecified atom stereocenters. The Hall–Kier alpha value is -1.66. The van der Waals surface area contributed by atoms with Crippen molar-refractivity contribution in [2.75, 3.05) is 36.5 Å². The van der Waals surface area contributed by atoms with Gasteiger partial charge in [0.2, 0.25) is 0 Å². The second-order valence-electron chi connectivity index (χ2n) is 6.06. The molecule has 0 aromatic heterocycles. The topological polar surface area (TPSA) is 50.8 Å². The number of hydrogen-bond donors (Lipinski definition) is 1. The van der Waals surface area contributed by atoms with Crippen molar-refractivity contribution in [3.8, 4) is 5.75 Å². The van der Waals surface area contributed by atoms with E-state index in [-0.39, 0.29) is 5.91 Å². The van der Waals surface area contributed by atoms with Gasteiger partial charge in [-0.15, -0.1) is 0 Å². The molecule has 2 aromatic rings. The number of ether oxygens (including phenoxy) is 2. The highest BCUT2D eigenvalue weighted by Gasteiger charge is 2.22. The zero-order valence-electron chi connectivity index (χ0n) is 14.7. The molecule has 27 heavy (non-hydrogen) atoms. The van der Waals surface area contributed by atoms with Crippen LogP contribution in [0.15, 0.2) is 36.4 Å². The van der Waals surface area contributed by atoms with Crippen molar-refractivity contribution < 1.29 is 14.3 Å². The fourth-order valence-corrected chi connectivity index (χ4v) is 3.52. The van der Waals surface area contributed by atoms with E-state index in [0.29, 0.717) is 52.8 Å². The van der Waals surface area contributed by atoms with Crippen molar-refractivity contribution in [2.45, 2.75) is 13.0 Å². The van der Waals surface area contributed by atoms with E-state index < -0.39 is 6.10 Å². The summed E-state index contributed by atoms with van der Waals surface area (Å²) >= 11 is 18.4. The number of anilines is 2. The maximum atomic E-state index is 12.6. The molecule has 2 aromatic carbocycles. The molecule has 3 rings (SSSR count). The highest BCUT2D eigenvalue weighted by atomic mass is 35.5. The zero-order chi connectivity index (χ0) is 19.4. The van der Waals surface area contributed by atoms with Gasteiger partial charge in [-0.05, 0) is 37.3 Å². The van der Waals surface area contributed by atoms with Crippen LogP contribution in [0.25, 0.3) is 0 Å². The summed E-state index contributed by atoms with van der Waals surface area (Å²) in [6.45, 7) is 4.30. The highest BCUT2D eigenvalue weighted by Crippen LogP contribution is 2.35. The summed E-state index contributed by atoms with van der Waals surface area (Å²) in [4.78, 5) is 14.8. The van der Waals surface area contributed by atoms with Crippen LogP contribution in [0.4, 0.5) is 11.4 Å². The minimum absolute atomic E-state index is 0.308. The fourth-order valence-electron chi connectivity index (χ4n) is 2.77. The average molecular weight is 430 g/mol. The number of amides is 1. The monoisotopic (exact) mass is 428 g/mol. The van der Waals surface area contributed by atoms with Crippen LogP contribution in [0.2, 0.25) is 15.1 Å². The van der Waals surface area contributed by atoms with Crippen LogP contribution in [0, 0.1) is 0 Å². The van der Waals surface area contributed by atoms with Crippen molar-refractivity contribution in [3.05, 3.63) is 51.5 Å². The van der Waals surface area contributed by atoms with E-state index in [1.807, 2.05) is 6.07 Å². The van der Waals surface area contributed by atoms with E-state index in [0.717, 1.165) is 5.69 Å². The van der Waals surface area contributed by atoms with Crippen LogP contribution >= 0.6 is 34.8 Å². The van der Waals surface area contributed by atoms with Gasteiger partial charge in [-0.3, -0.25) is 4.79 Å². The Morgan fingerprint density at radius 1 is 1.15 bits per heavy atom. The van der Waals surface area contributed by atoms with Crippen molar-refractivity contribution in [1.29, 1.82) is 0 Å². The van der Waals surface area contributed by atoms with Gasteiger partial charge in [0.15, 0.2) is 6.10 Å². The lowest BCUT2D eigenvalue weighted by Gasteiger charge is -2.31. The average Bonchev–Trinajstić information content (AvgIpc) is 2.64. The largest absolute Gasteiger partial charge is 0.479 e. The van der Waals surface area contributed by atoms with Crippen molar-refractivity contribution in [1.82, 2.24) is 0 Å². The summed E-state index contributed by atoms with van der Waals surface area (Å²) in [6, 6.07) is 10.3. The quantitative estimate of drug-likeness (QED) is 0.735. The first-order valence-electron chi connectivity index (χ1n) is 8.49. The molecule has 1 amide bonds. The summed E-state index contributed by atoms with van der Waals surface area (Å²) in [6.07, 6.45) is -0.764. The van der Waals surface area contributed by atoms with Crippen molar-refractivity contribution in [2.24, 2.45) is 0 Å². The molecule has 1 aliphatic rings. The van der Waals surface area contributed by atoms with Gasteiger partial charge in [0, 0.05) is 18.1 Å². The molecule has 1 saturated heterocycles. The number of rotatable bonds is 5. The van der Waals surface area contributed by atoms with Crippen molar-refractivity contribution >= 4 is 52.1 Å². The van der Waals surface area contributed by atoms with Gasteiger partial charge < -0.3 is 19.7 Å². The van der Waals surface area contributed by atoms with Crippen molar-refractivity contribution in [3.63, 3.8) is 0 Å². The zero-order valence-corrected chi connectivity index (χ0v) is 16.9. The summed E-state index contributed by atoms with van der Waals surface area (Å²) in [5, 5.41) is 4.32. The Morgan fingerprint density at radius 3 is 2.59 bits per heavy atom. The predicted molar refractivity (Wildman–Crippen MR) is 110 cm³/mol. The van der Waals surface area contributed by atoms with E-state index in [9.17, 15) is 4.79 Å². The molecule has 1 heterocycles. The van der Waals surface area contributed by atoms with Crippen LogP contribution in [0.3, 0.4) is 0 Å². The van der Waals surface area contributed by atoms with Gasteiger partial charge in [-0.2, -0.15) is 0 Å². The van der Waals surface area contributed by atoms with E-state index in [2.05, 4.69) is 10.2 Å². The molecule has 144 valence electrons. The molecule has 1 atom stereocenters. The number of para-hydroxylation sites is 1. The lowest BCUT2D eigenvalue weighted by Crippen LogP contribution is -2.37. The number of halogens is 3. The van der Waals surface area contributed by atoms with Gasteiger partial charge in [-0.1, -0.05) is 40.9 Å². The Morgan fingerprint density at radius 2 is 1.89 bits per heavy atom. The minimum atomic E-state index is -0.764. The third-order valence-electron chi connectivity index (χ3n) is 4.14. The standard InChI is InChI=1S/C19H19Cl3N2O3/c1-12(27-17-6-5-13(20)11-15(17)22)19(25)23-16-4-2-3-14(21)18(16)24-7-9-26-10-8-24/h2-6,11-12H,7-10H2,1H3,(H,23,25)/t12-/m1/s1. The summed E-state index contributed by atoms with van der Waals surface area (Å²) < 4.78 is 11.1. The molecule has 1 fully saturated rings. The predicted octanol–water partition coefficient (Wildman–Crippen LogP) is 4.89. The summed E-state index contributed by atoms with van der Waals surface area (Å²) in [5.41, 5.74) is 1.42. The summed E-state index contributed by atoms with van der Waals surface area (Å²) in [7, 11) is 0. The normalized spacial score (nSPS) is 15.3. The van der Waals surface area contributed by atoms with Gasteiger partial charge in [0.1, 0.15) is 5.75 Å². The van der Waals surface area contributed by atoms with Crippen LogP contribution < -0.4 is 15.0 Å². The molecule has 0 aliphatic carbocycles. The molecular weight excluding hydrogens is 411 g/mol. The van der Waals surface area contributed by atoms with Crippen LogP contribution in [-0.2, 0) is 9.53 Å². The first-order valence-corrected chi connectivity index (χ1v) is 9.63. The molecule has 0 saturated carbocycles. The second-order valence-corrected chi connectivity index (χ2v) is 7.31. The SMILES string of the molecule is C[C@@H](Oc1ccc(Cl)cc1Cl)C(=O)Nc1cccc(Cl)c1N1CCOCC1. The Balaban J connectivity index is 1.74. The van der Waals surface area contributed by atoms with Gasteiger partial charge >= 0.3 is 0 Å². The first kappa shape index (κ1) is 20.1. The second kappa shape index (κ2) is 9.02. The summed E-state index contributed by atoms with van der Waals surface area (Å²) in [5.74, 6) is 0.0843. The molecule has 0 spiro atoms. The third-order valence-corrected chi connectivity index (χ3v) is 4.97. The molecule has 0 bridgehead atoms. The van der Waals surface area contributed by atoms with E-state index in [1.54, 1.807) is 37.3 Å². The van der Waals surface area contributed by atoms with E-state index in [1.165, 1.54) is 0 Å². The minimum Gasteiger partial charge on any atom is -0.479 e. The Labute approximate surface area is 173 Å². The number of nitrogens with zero attached hydrogens (tertiary/aromatic N) is 1. The molecule has 1 N–H and O–H groups in total. The van der Waals surface area contributed by atoms with Gasteiger partial charge in [0.25, 0.3) is 5.91 Å². The Bertz CT molecular complexity index is 826. The smallest absolute Gasteiger partial charge is 0.265 e.